The second-order valence-electron chi connectivity index (χ2n) is 4.32. The SMILES string of the molecule is COC(=O)C1C[C@H]2CNC[C@@H](C1)C2.Cl. The Balaban J connectivity index is 0.000000980. The molecule has 0 amide bonds. The van der Waals surface area contributed by atoms with E-state index in [-0.39, 0.29) is 24.3 Å². The minimum Gasteiger partial charge on any atom is -0.469 e. The highest BCUT2D eigenvalue weighted by Gasteiger charge is 2.35. The van der Waals surface area contributed by atoms with Gasteiger partial charge in [0.15, 0.2) is 0 Å². The smallest absolute Gasteiger partial charge is 0.308 e. The average molecular weight is 220 g/mol. The quantitative estimate of drug-likeness (QED) is 0.674. The van der Waals surface area contributed by atoms with Crippen molar-refractivity contribution >= 4 is 18.4 Å². The first kappa shape index (κ1) is 11.8. The summed E-state index contributed by atoms with van der Waals surface area (Å²) >= 11 is 0. The summed E-state index contributed by atoms with van der Waals surface area (Å²) in [5.74, 6) is 1.58. The Labute approximate surface area is 91.0 Å². The average Bonchev–Trinajstić information content (AvgIpc) is 2.16. The van der Waals surface area contributed by atoms with E-state index in [1.807, 2.05) is 0 Å². The summed E-state index contributed by atoms with van der Waals surface area (Å²) in [6.07, 6.45) is 3.35. The van der Waals surface area contributed by atoms with Crippen molar-refractivity contribution < 1.29 is 9.53 Å². The predicted molar refractivity (Wildman–Crippen MR) is 56.5 cm³/mol. The van der Waals surface area contributed by atoms with Gasteiger partial charge in [-0.2, -0.15) is 0 Å². The number of hydrogen-bond donors (Lipinski definition) is 1. The summed E-state index contributed by atoms with van der Waals surface area (Å²) in [5, 5.41) is 3.41. The number of carbonyl (C=O) groups excluding carboxylic acids is 1. The number of esters is 1. The molecule has 3 nitrogen and oxygen atoms in total. The summed E-state index contributed by atoms with van der Waals surface area (Å²) in [7, 11) is 1.49. The fourth-order valence-corrected chi connectivity index (χ4v) is 2.75. The zero-order valence-corrected chi connectivity index (χ0v) is 9.31. The summed E-state index contributed by atoms with van der Waals surface area (Å²) in [6.45, 7) is 2.17. The van der Waals surface area contributed by atoms with Gasteiger partial charge >= 0.3 is 5.97 Å². The van der Waals surface area contributed by atoms with Crippen molar-refractivity contribution in [1.29, 1.82) is 0 Å². The largest absolute Gasteiger partial charge is 0.469 e. The molecule has 2 aliphatic rings. The maximum Gasteiger partial charge on any atom is 0.308 e. The number of hydrogen-bond acceptors (Lipinski definition) is 3. The fourth-order valence-electron chi connectivity index (χ4n) is 2.75. The van der Waals surface area contributed by atoms with Crippen molar-refractivity contribution in [1.82, 2.24) is 5.32 Å². The van der Waals surface area contributed by atoms with Crippen LogP contribution in [0.5, 0.6) is 0 Å². The first-order valence-corrected chi connectivity index (χ1v) is 5.08. The molecule has 82 valence electrons. The number of nitrogens with one attached hydrogen (secondary N) is 1. The van der Waals surface area contributed by atoms with Crippen molar-refractivity contribution in [3.63, 3.8) is 0 Å². The lowest BCUT2D eigenvalue weighted by Gasteiger charge is -2.38. The van der Waals surface area contributed by atoms with Gasteiger partial charge in [-0.3, -0.25) is 4.79 Å². The number of ether oxygens (including phenoxy) is 1. The molecule has 0 spiro atoms. The van der Waals surface area contributed by atoms with Gasteiger partial charge in [0.05, 0.1) is 13.0 Å². The molecule has 1 N–H and O–H groups in total. The van der Waals surface area contributed by atoms with Crippen molar-refractivity contribution in [2.75, 3.05) is 20.2 Å². The van der Waals surface area contributed by atoms with Gasteiger partial charge in [-0.15, -0.1) is 12.4 Å². The molecule has 2 fully saturated rings. The number of halogens is 1. The van der Waals surface area contributed by atoms with Crippen molar-refractivity contribution in [2.24, 2.45) is 17.8 Å². The predicted octanol–water partition coefficient (Wildman–Crippen LogP) is 1.22. The molecular weight excluding hydrogens is 202 g/mol. The van der Waals surface area contributed by atoms with E-state index in [1.54, 1.807) is 0 Å². The first-order valence-electron chi connectivity index (χ1n) is 5.08. The van der Waals surface area contributed by atoms with E-state index < -0.39 is 0 Å². The number of piperidine rings is 1. The highest BCUT2D eigenvalue weighted by Crippen LogP contribution is 2.35. The Bertz CT molecular complexity index is 198. The Morgan fingerprint density at radius 1 is 1.21 bits per heavy atom. The molecule has 1 saturated heterocycles. The highest BCUT2D eigenvalue weighted by molar-refractivity contribution is 5.85. The van der Waals surface area contributed by atoms with E-state index in [4.69, 9.17) is 4.74 Å². The maximum atomic E-state index is 11.4. The second-order valence-corrected chi connectivity index (χ2v) is 4.32. The molecule has 1 aliphatic carbocycles. The van der Waals surface area contributed by atoms with Crippen LogP contribution in [0.15, 0.2) is 0 Å². The second kappa shape index (κ2) is 4.99. The minimum absolute atomic E-state index is 0. The highest BCUT2D eigenvalue weighted by atomic mass is 35.5. The van der Waals surface area contributed by atoms with Crippen LogP contribution in [-0.2, 0) is 9.53 Å². The number of carbonyl (C=O) groups is 1. The molecule has 1 saturated carbocycles. The molecular formula is C10H18ClNO2. The van der Waals surface area contributed by atoms with Gasteiger partial charge in [0.25, 0.3) is 0 Å². The lowest BCUT2D eigenvalue weighted by atomic mass is 9.73. The van der Waals surface area contributed by atoms with Crippen LogP contribution >= 0.6 is 12.4 Å². The van der Waals surface area contributed by atoms with Crippen LogP contribution in [0.2, 0.25) is 0 Å². The van der Waals surface area contributed by atoms with Crippen LogP contribution in [0.3, 0.4) is 0 Å². The third-order valence-electron chi connectivity index (χ3n) is 3.30. The summed E-state index contributed by atoms with van der Waals surface area (Å²) in [6, 6.07) is 0. The molecule has 0 aromatic rings. The van der Waals surface area contributed by atoms with Gasteiger partial charge in [-0.05, 0) is 44.2 Å². The number of rotatable bonds is 1. The van der Waals surface area contributed by atoms with Crippen LogP contribution in [0.25, 0.3) is 0 Å². The third-order valence-corrected chi connectivity index (χ3v) is 3.30. The molecule has 14 heavy (non-hydrogen) atoms. The van der Waals surface area contributed by atoms with E-state index in [1.165, 1.54) is 13.5 Å². The molecule has 1 aliphatic heterocycles. The van der Waals surface area contributed by atoms with Crippen LogP contribution in [-0.4, -0.2) is 26.2 Å². The normalized spacial score (nSPS) is 35.6. The van der Waals surface area contributed by atoms with Crippen LogP contribution in [0.1, 0.15) is 19.3 Å². The monoisotopic (exact) mass is 219 g/mol. The summed E-state index contributed by atoms with van der Waals surface area (Å²) in [5.41, 5.74) is 0. The Hall–Kier alpha value is -0.280. The van der Waals surface area contributed by atoms with E-state index >= 15 is 0 Å². The van der Waals surface area contributed by atoms with Gasteiger partial charge in [0.1, 0.15) is 0 Å². The summed E-state index contributed by atoms with van der Waals surface area (Å²) in [4.78, 5) is 11.4. The summed E-state index contributed by atoms with van der Waals surface area (Å²) < 4.78 is 4.80. The first-order chi connectivity index (χ1) is 6.29. The molecule has 1 unspecified atom stereocenters. The van der Waals surface area contributed by atoms with E-state index in [0.717, 1.165) is 25.9 Å². The van der Waals surface area contributed by atoms with Gasteiger partial charge in [-0.25, -0.2) is 0 Å². The zero-order valence-electron chi connectivity index (χ0n) is 8.49. The molecule has 2 bridgehead atoms. The van der Waals surface area contributed by atoms with Crippen LogP contribution in [0, 0.1) is 17.8 Å². The lowest BCUT2D eigenvalue weighted by Crippen LogP contribution is -2.43. The van der Waals surface area contributed by atoms with Gasteiger partial charge < -0.3 is 10.1 Å². The maximum absolute atomic E-state index is 11.4. The molecule has 0 aromatic heterocycles. The van der Waals surface area contributed by atoms with E-state index in [2.05, 4.69) is 5.32 Å². The van der Waals surface area contributed by atoms with Gasteiger partial charge in [-0.1, -0.05) is 0 Å². The topological polar surface area (TPSA) is 38.3 Å². The Morgan fingerprint density at radius 3 is 2.29 bits per heavy atom. The van der Waals surface area contributed by atoms with Crippen LogP contribution < -0.4 is 5.32 Å². The lowest BCUT2D eigenvalue weighted by molar-refractivity contribution is -0.148. The third kappa shape index (κ3) is 2.39. The molecule has 1 heterocycles. The van der Waals surface area contributed by atoms with E-state index in [0.29, 0.717) is 11.8 Å². The number of methoxy groups -OCH3 is 1. The standard InChI is InChI=1S/C10H17NO2.ClH/c1-13-10(12)9-3-7-2-8(4-9)6-11-5-7;/h7-9,11H,2-6H2,1H3;1H/t7-,8+,9?;. The van der Waals surface area contributed by atoms with Gasteiger partial charge in [0, 0.05) is 0 Å². The number of fused-ring (bicyclic) bond motifs is 2. The molecule has 0 radical (unpaired) electrons. The van der Waals surface area contributed by atoms with Crippen molar-refractivity contribution in [2.45, 2.75) is 19.3 Å². The molecule has 4 heteroatoms. The fraction of sp³-hybridized carbons (Fsp3) is 0.900. The molecule has 3 atom stereocenters. The van der Waals surface area contributed by atoms with Crippen molar-refractivity contribution in [3.8, 4) is 0 Å². The molecule has 2 rings (SSSR count). The molecule has 0 aromatic carbocycles. The zero-order chi connectivity index (χ0) is 9.26. The van der Waals surface area contributed by atoms with Gasteiger partial charge in [0.2, 0.25) is 0 Å². The van der Waals surface area contributed by atoms with Crippen molar-refractivity contribution in [3.05, 3.63) is 0 Å². The van der Waals surface area contributed by atoms with E-state index in [9.17, 15) is 4.79 Å². The Morgan fingerprint density at radius 2 is 1.79 bits per heavy atom. The minimum atomic E-state index is -0.00315. The Kier molecular flexibility index (Phi) is 4.20. The van der Waals surface area contributed by atoms with Crippen LogP contribution in [0.4, 0.5) is 0 Å².